The molecular weight excluding hydrogens is 515 g/mol. The maximum absolute atomic E-state index is 10.5. The lowest BCUT2D eigenvalue weighted by Gasteiger charge is -2.15. The van der Waals surface area contributed by atoms with Crippen molar-refractivity contribution in [3.63, 3.8) is 0 Å². The summed E-state index contributed by atoms with van der Waals surface area (Å²) >= 11 is 1.60. The molecule has 0 fully saturated rings. The van der Waals surface area contributed by atoms with E-state index in [4.69, 9.17) is 9.47 Å². The van der Waals surface area contributed by atoms with Gasteiger partial charge in [0.1, 0.15) is 12.7 Å². The van der Waals surface area contributed by atoms with E-state index in [2.05, 4.69) is 32.7 Å². The molecule has 1 aromatic carbocycles. The Kier molecular flexibility index (Phi) is 10.3. The van der Waals surface area contributed by atoms with Crippen molar-refractivity contribution in [3.8, 4) is 5.88 Å². The molecule has 0 saturated carbocycles. The number of hydrogen-bond donors (Lipinski definition) is 3. The summed E-state index contributed by atoms with van der Waals surface area (Å²) < 4.78 is 11.8. The monoisotopic (exact) mass is 542 g/mol. The third kappa shape index (κ3) is 6.79. The fraction of sp³-hybridized carbons (Fsp3) is 0.333. The topological polar surface area (TPSA) is 88.0 Å². The summed E-state index contributed by atoms with van der Waals surface area (Å²) in [6.07, 6.45) is 1.08. The molecule has 2 aromatic heterocycles. The first kappa shape index (κ1) is 24.3. The van der Waals surface area contributed by atoms with Crippen LogP contribution in [0.5, 0.6) is 5.88 Å². The molecular formula is C21H27IN4O3S. The van der Waals surface area contributed by atoms with Crippen LogP contribution >= 0.6 is 35.3 Å². The van der Waals surface area contributed by atoms with E-state index in [0.29, 0.717) is 38.1 Å². The number of hydrogen-bond acceptors (Lipinski definition) is 6. The molecule has 0 aliphatic heterocycles. The zero-order chi connectivity index (χ0) is 20.5. The lowest BCUT2D eigenvalue weighted by molar-refractivity contribution is 0.143. The number of rotatable bonds is 9. The van der Waals surface area contributed by atoms with Gasteiger partial charge in [-0.2, -0.15) is 0 Å². The van der Waals surface area contributed by atoms with E-state index in [1.807, 2.05) is 30.3 Å². The Balaban J connectivity index is 0.00000320. The SMILES string of the molecule is CN=C(NCc1cccnc1OCCOC)NCC(O)c1cc2ccccc2s1.I. The summed E-state index contributed by atoms with van der Waals surface area (Å²) in [6, 6.07) is 14.0. The number of pyridine rings is 1. The number of halogens is 1. The van der Waals surface area contributed by atoms with E-state index in [0.717, 1.165) is 15.8 Å². The fourth-order valence-corrected chi connectivity index (χ4v) is 3.82. The van der Waals surface area contributed by atoms with Gasteiger partial charge in [-0.1, -0.05) is 24.3 Å². The van der Waals surface area contributed by atoms with E-state index >= 15 is 0 Å². The van der Waals surface area contributed by atoms with Gasteiger partial charge in [-0.3, -0.25) is 4.99 Å². The molecule has 0 bridgehead atoms. The van der Waals surface area contributed by atoms with E-state index < -0.39 is 6.10 Å². The number of aliphatic imine (C=N–C) groups is 1. The fourth-order valence-electron chi connectivity index (χ4n) is 2.77. The van der Waals surface area contributed by atoms with Crippen molar-refractivity contribution in [2.24, 2.45) is 4.99 Å². The molecule has 1 atom stereocenters. The van der Waals surface area contributed by atoms with Crippen LogP contribution in [0.3, 0.4) is 0 Å². The van der Waals surface area contributed by atoms with E-state index in [-0.39, 0.29) is 24.0 Å². The maximum Gasteiger partial charge on any atom is 0.218 e. The Hall–Kier alpha value is -1.95. The molecule has 3 N–H and O–H groups in total. The lowest BCUT2D eigenvalue weighted by Crippen LogP contribution is -2.39. The quantitative estimate of drug-likeness (QED) is 0.167. The molecule has 9 heteroatoms. The molecule has 3 aromatic rings. The molecule has 0 amide bonds. The Morgan fingerprint density at radius 1 is 1.20 bits per heavy atom. The van der Waals surface area contributed by atoms with Crippen LogP contribution in [-0.2, 0) is 11.3 Å². The molecule has 162 valence electrons. The molecule has 1 unspecified atom stereocenters. The molecule has 30 heavy (non-hydrogen) atoms. The van der Waals surface area contributed by atoms with Crippen molar-refractivity contribution in [2.75, 3.05) is 33.9 Å². The van der Waals surface area contributed by atoms with Gasteiger partial charge >= 0.3 is 0 Å². The summed E-state index contributed by atoms with van der Waals surface area (Å²) in [5.74, 6) is 1.16. The summed E-state index contributed by atoms with van der Waals surface area (Å²) in [7, 11) is 3.33. The van der Waals surface area contributed by atoms with Crippen LogP contribution in [-0.4, -0.2) is 50.0 Å². The normalized spacial score (nSPS) is 12.3. The second kappa shape index (κ2) is 12.7. The number of guanidine groups is 1. The van der Waals surface area contributed by atoms with Gasteiger partial charge in [0.05, 0.1) is 6.61 Å². The Labute approximate surface area is 197 Å². The van der Waals surface area contributed by atoms with Gasteiger partial charge in [0.25, 0.3) is 0 Å². The van der Waals surface area contributed by atoms with E-state index in [1.54, 1.807) is 31.7 Å². The third-order valence-corrected chi connectivity index (χ3v) is 5.50. The van der Waals surface area contributed by atoms with Crippen molar-refractivity contribution in [2.45, 2.75) is 12.6 Å². The molecule has 0 spiro atoms. The van der Waals surface area contributed by atoms with Crippen molar-refractivity contribution in [1.29, 1.82) is 0 Å². The second-order valence-corrected chi connectivity index (χ2v) is 7.43. The highest BCUT2D eigenvalue weighted by atomic mass is 127. The van der Waals surface area contributed by atoms with Gasteiger partial charge in [-0.15, -0.1) is 35.3 Å². The minimum Gasteiger partial charge on any atom is -0.475 e. The minimum atomic E-state index is -0.614. The number of methoxy groups -OCH3 is 1. The number of nitrogens with zero attached hydrogens (tertiary/aromatic N) is 2. The number of aliphatic hydroxyl groups is 1. The summed E-state index contributed by atoms with van der Waals surface area (Å²) in [5, 5.41) is 18.1. The van der Waals surface area contributed by atoms with Gasteiger partial charge in [-0.25, -0.2) is 4.98 Å². The lowest BCUT2D eigenvalue weighted by atomic mass is 10.2. The molecule has 3 rings (SSSR count). The van der Waals surface area contributed by atoms with Crippen LogP contribution in [0.1, 0.15) is 16.5 Å². The second-order valence-electron chi connectivity index (χ2n) is 6.32. The smallest absolute Gasteiger partial charge is 0.218 e. The number of aliphatic hydroxyl groups excluding tert-OH is 1. The molecule has 0 aliphatic carbocycles. The zero-order valence-corrected chi connectivity index (χ0v) is 20.1. The number of benzene rings is 1. The zero-order valence-electron chi connectivity index (χ0n) is 17.0. The van der Waals surface area contributed by atoms with Crippen molar-refractivity contribution >= 4 is 51.4 Å². The number of ether oxygens (including phenoxy) is 2. The summed E-state index contributed by atoms with van der Waals surface area (Å²) in [5.41, 5.74) is 0.914. The van der Waals surface area contributed by atoms with Crippen LogP contribution < -0.4 is 15.4 Å². The first-order chi connectivity index (χ1) is 14.2. The van der Waals surface area contributed by atoms with Crippen LogP contribution in [0.15, 0.2) is 53.7 Å². The van der Waals surface area contributed by atoms with E-state index in [9.17, 15) is 5.11 Å². The van der Waals surface area contributed by atoms with Gasteiger partial charge < -0.3 is 25.2 Å². The molecule has 0 aliphatic rings. The molecule has 0 radical (unpaired) electrons. The Morgan fingerprint density at radius 3 is 2.80 bits per heavy atom. The molecule has 0 saturated heterocycles. The summed E-state index contributed by atoms with van der Waals surface area (Å²) in [6.45, 7) is 1.79. The van der Waals surface area contributed by atoms with Crippen molar-refractivity contribution in [3.05, 3.63) is 59.1 Å². The average molecular weight is 542 g/mol. The highest BCUT2D eigenvalue weighted by Gasteiger charge is 2.12. The van der Waals surface area contributed by atoms with E-state index in [1.165, 1.54) is 4.70 Å². The predicted molar refractivity (Wildman–Crippen MR) is 132 cm³/mol. The molecule has 7 nitrogen and oxygen atoms in total. The first-order valence-electron chi connectivity index (χ1n) is 9.38. The number of fused-ring (bicyclic) bond motifs is 1. The summed E-state index contributed by atoms with van der Waals surface area (Å²) in [4.78, 5) is 9.42. The van der Waals surface area contributed by atoms with Gasteiger partial charge in [0, 0.05) is 48.6 Å². The first-order valence-corrected chi connectivity index (χ1v) is 10.2. The highest BCUT2D eigenvalue weighted by Crippen LogP contribution is 2.29. The largest absolute Gasteiger partial charge is 0.475 e. The Morgan fingerprint density at radius 2 is 2.03 bits per heavy atom. The van der Waals surface area contributed by atoms with Crippen molar-refractivity contribution < 1.29 is 14.6 Å². The van der Waals surface area contributed by atoms with Gasteiger partial charge in [-0.05, 0) is 23.6 Å². The Bertz CT molecular complexity index is 918. The standard InChI is InChI=1S/C21H26N4O3S.HI/c1-22-21(24-13-16-7-5-9-23-20(16)28-11-10-27-2)25-14-17(26)19-12-15-6-3-4-8-18(15)29-19;/h3-9,12,17,26H,10-11,13-14H2,1-2H3,(H2,22,24,25);1H. The predicted octanol–water partition coefficient (Wildman–Crippen LogP) is 3.34. The van der Waals surface area contributed by atoms with Gasteiger partial charge in [0.2, 0.25) is 5.88 Å². The van der Waals surface area contributed by atoms with Crippen molar-refractivity contribution in [1.82, 2.24) is 15.6 Å². The van der Waals surface area contributed by atoms with Crippen LogP contribution in [0, 0.1) is 0 Å². The minimum absolute atomic E-state index is 0. The third-order valence-electron chi connectivity index (χ3n) is 4.28. The number of thiophene rings is 1. The van der Waals surface area contributed by atoms with Crippen LogP contribution in [0.4, 0.5) is 0 Å². The van der Waals surface area contributed by atoms with Crippen LogP contribution in [0.2, 0.25) is 0 Å². The average Bonchev–Trinajstić information content (AvgIpc) is 3.19. The maximum atomic E-state index is 10.5. The highest BCUT2D eigenvalue weighted by molar-refractivity contribution is 14.0. The number of nitrogens with one attached hydrogen (secondary N) is 2. The van der Waals surface area contributed by atoms with Gasteiger partial charge in [0.15, 0.2) is 5.96 Å². The number of aromatic nitrogens is 1. The molecule has 2 heterocycles. The van der Waals surface area contributed by atoms with Crippen LogP contribution in [0.25, 0.3) is 10.1 Å².